The molecule has 1 aliphatic rings. The molecule has 0 aliphatic heterocycles. The second kappa shape index (κ2) is 11.4. The highest BCUT2D eigenvalue weighted by molar-refractivity contribution is 7.98. The first kappa shape index (κ1) is 24.1. The molecule has 0 radical (unpaired) electrons. The summed E-state index contributed by atoms with van der Waals surface area (Å²) in [6, 6.07) is 15.2. The van der Waals surface area contributed by atoms with Crippen molar-refractivity contribution in [1.82, 2.24) is 20.1 Å². The van der Waals surface area contributed by atoms with E-state index in [4.69, 9.17) is 23.2 Å². The van der Waals surface area contributed by atoms with Crippen LogP contribution >= 0.6 is 35.0 Å². The van der Waals surface area contributed by atoms with E-state index in [9.17, 15) is 4.79 Å². The van der Waals surface area contributed by atoms with Gasteiger partial charge in [0.05, 0.1) is 16.8 Å². The summed E-state index contributed by atoms with van der Waals surface area (Å²) in [7, 11) is 0. The number of halogens is 2. The van der Waals surface area contributed by atoms with Gasteiger partial charge < -0.3 is 5.32 Å². The first-order chi connectivity index (χ1) is 16.0. The Kier molecular flexibility index (Phi) is 8.34. The van der Waals surface area contributed by atoms with Gasteiger partial charge in [-0.05, 0) is 43.0 Å². The van der Waals surface area contributed by atoms with Crippen molar-refractivity contribution >= 4 is 40.9 Å². The van der Waals surface area contributed by atoms with Gasteiger partial charge in [-0.3, -0.25) is 9.36 Å². The van der Waals surface area contributed by atoms with Crippen LogP contribution in [0.2, 0.25) is 10.0 Å². The van der Waals surface area contributed by atoms with Crippen molar-refractivity contribution < 1.29 is 4.79 Å². The molecule has 1 amide bonds. The second-order valence-electron chi connectivity index (χ2n) is 8.52. The molecule has 0 spiro atoms. The number of aromatic nitrogens is 3. The minimum atomic E-state index is -0.314. The number of nitrogens with one attached hydrogen (secondary N) is 1. The highest BCUT2D eigenvalue weighted by Crippen LogP contribution is 2.32. The Bertz CT molecular complexity index is 1080. The van der Waals surface area contributed by atoms with Crippen molar-refractivity contribution in [2.75, 3.05) is 0 Å². The lowest BCUT2D eigenvalue weighted by atomic mass is 10.0. The highest BCUT2D eigenvalue weighted by atomic mass is 35.5. The summed E-state index contributed by atoms with van der Waals surface area (Å²) in [5.41, 5.74) is 1.93. The normalized spacial score (nSPS) is 15.0. The van der Waals surface area contributed by atoms with Crippen molar-refractivity contribution in [2.45, 2.75) is 62.4 Å². The first-order valence-corrected chi connectivity index (χ1v) is 13.1. The lowest BCUT2D eigenvalue weighted by molar-refractivity contribution is -0.122. The Morgan fingerprint density at radius 3 is 2.64 bits per heavy atom. The Balaban J connectivity index is 1.54. The second-order valence-corrected chi connectivity index (χ2v) is 10.3. The maximum absolute atomic E-state index is 12.6. The molecule has 8 heteroatoms. The van der Waals surface area contributed by atoms with Gasteiger partial charge in [-0.15, -0.1) is 10.2 Å². The van der Waals surface area contributed by atoms with Gasteiger partial charge in [0, 0.05) is 17.2 Å². The molecular weight excluding hydrogens is 475 g/mol. The minimum absolute atomic E-state index is 0.0460. The van der Waals surface area contributed by atoms with E-state index in [-0.39, 0.29) is 11.9 Å². The van der Waals surface area contributed by atoms with E-state index >= 15 is 0 Å². The molecule has 174 valence electrons. The number of rotatable bonds is 9. The molecule has 1 N–H and O–H groups in total. The predicted molar refractivity (Wildman–Crippen MR) is 135 cm³/mol. The molecule has 4 rings (SSSR count). The van der Waals surface area contributed by atoms with Crippen LogP contribution < -0.4 is 5.32 Å². The maximum Gasteiger partial charge on any atom is 0.220 e. The van der Waals surface area contributed by atoms with Crippen LogP contribution in [0.5, 0.6) is 0 Å². The summed E-state index contributed by atoms with van der Waals surface area (Å²) in [5, 5.41) is 13.8. The van der Waals surface area contributed by atoms with E-state index in [1.54, 1.807) is 23.9 Å². The molecule has 0 saturated heterocycles. The summed E-state index contributed by atoms with van der Waals surface area (Å²) >= 11 is 14.3. The SMILES string of the molecule is CC(NC(=O)CCC1CCCC1)c1nnc(SCc2ccccc2)n1-c1ccc(Cl)cc1Cl. The van der Waals surface area contributed by atoms with Crippen molar-refractivity contribution in [3.05, 3.63) is 70.0 Å². The third kappa shape index (κ3) is 6.31. The largest absolute Gasteiger partial charge is 0.346 e. The highest BCUT2D eigenvalue weighted by Gasteiger charge is 2.23. The molecule has 1 heterocycles. The van der Waals surface area contributed by atoms with Gasteiger partial charge in [0.1, 0.15) is 0 Å². The third-order valence-corrected chi connectivity index (χ3v) is 7.58. The van der Waals surface area contributed by atoms with E-state index in [1.807, 2.05) is 35.8 Å². The van der Waals surface area contributed by atoms with E-state index in [1.165, 1.54) is 31.2 Å². The van der Waals surface area contributed by atoms with Crippen LogP contribution in [0, 0.1) is 5.92 Å². The Labute approximate surface area is 209 Å². The van der Waals surface area contributed by atoms with Gasteiger partial charge in [-0.2, -0.15) is 0 Å². The fraction of sp³-hybridized carbons (Fsp3) is 0.400. The number of hydrogen-bond acceptors (Lipinski definition) is 4. The van der Waals surface area contributed by atoms with Crippen LogP contribution in [-0.2, 0) is 10.5 Å². The molecule has 5 nitrogen and oxygen atoms in total. The lowest BCUT2D eigenvalue weighted by Crippen LogP contribution is -2.28. The van der Waals surface area contributed by atoms with Gasteiger partial charge in [-0.25, -0.2) is 0 Å². The maximum atomic E-state index is 12.6. The van der Waals surface area contributed by atoms with Crippen LogP contribution in [0.25, 0.3) is 5.69 Å². The fourth-order valence-corrected chi connectivity index (χ4v) is 5.68. The molecule has 33 heavy (non-hydrogen) atoms. The molecule has 3 aromatic rings. The number of carbonyl (C=O) groups excluding carboxylic acids is 1. The minimum Gasteiger partial charge on any atom is -0.346 e. The number of nitrogens with zero attached hydrogens (tertiary/aromatic N) is 3. The topological polar surface area (TPSA) is 59.8 Å². The molecule has 1 aromatic heterocycles. The van der Waals surface area contributed by atoms with Crippen LogP contribution in [0.4, 0.5) is 0 Å². The van der Waals surface area contributed by atoms with E-state index < -0.39 is 0 Å². The van der Waals surface area contributed by atoms with Gasteiger partial charge in [0.2, 0.25) is 5.91 Å². The third-order valence-electron chi connectivity index (χ3n) is 6.04. The molecule has 1 unspecified atom stereocenters. The summed E-state index contributed by atoms with van der Waals surface area (Å²) < 4.78 is 1.92. The van der Waals surface area contributed by atoms with Crippen LogP contribution in [0.3, 0.4) is 0 Å². The van der Waals surface area contributed by atoms with Gasteiger partial charge in [0.25, 0.3) is 0 Å². The zero-order valence-corrected chi connectivity index (χ0v) is 21.0. The van der Waals surface area contributed by atoms with E-state index in [2.05, 4.69) is 27.6 Å². The number of amides is 1. The van der Waals surface area contributed by atoms with Crippen molar-refractivity contribution in [1.29, 1.82) is 0 Å². The predicted octanol–water partition coefficient (Wildman–Crippen LogP) is 7.01. The van der Waals surface area contributed by atoms with Gasteiger partial charge in [-0.1, -0.05) is 91.0 Å². The van der Waals surface area contributed by atoms with E-state index in [0.29, 0.717) is 33.4 Å². The molecule has 1 fully saturated rings. The average molecular weight is 503 g/mol. The summed E-state index contributed by atoms with van der Waals surface area (Å²) in [6.07, 6.45) is 6.56. The molecule has 1 aliphatic carbocycles. The molecule has 1 saturated carbocycles. The quantitative estimate of drug-likeness (QED) is 0.319. The smallest absolute Gasteiger partial charge is 0.220 e. The standard InChI is InChI=1S/C25H28Cl2N4OS/c1-17(28-23(32)14-11-18-7-5-6-8-18)24-29-30-25(33-16-19-9-3-2-4-10-19)31(24)22-13-12-20(26)15-21(22)27/h2-4,9-10,12-13,15,17-18H,5-8,11,14,16H2,1H3,(H,28,32). The number of hydrogen-bond donors (Lipinski definition) is 1. The monoisotopic (exact) mass is 502 g/mol. The van der Waals surface area contributed by atoms with E-state index in [0.717, 1.165) is 17.9 Å². The van der Waals surface area contributed by atoms with Gasteiger partial charge >= 0.3 is 0 Å². The fourth-order valence-electron chi connectivity index (χ4n) is 4.28. The molecule has 2 aromatic carbocycles. The number of thioether (sulfide) groups is 1. The Hall–Kier alpha value is -2.02. The van der Waals surface area contributed by atoms with Crippen LogP contribution in [-0.4, -0.2) is 20.7 Å². The zero-order chi connectivity index (χ0) is 23.2. The molecule has 1 atom stereocenters. The summed E-state index contributed by atoms with van der Waals surface area (Å²) in [6.45, 7) is 1.93. The van der Waals surface area contributed by atoms with Gasteiger partial charge in [0.15, 0.2) is 11.0 Å². The lowest BCUT2D eigenvalue weighted by Gasteiger charge is -2.18. The van der Waals surface area contributed by atoms with Crippen molar-refractivity contribution in [3.63, 3.8) is 0 Å². The summed E-state index contributed by atoms with van der Waals surface area (Å²) in [4.78, 5) is 12.6. The molecule has 0 bridgehead atoms. The van der Waals surface area contributed by atoms with Crippen LogP contribution in [0.15, 0.2) is 53.7 Å². The van der Waals surface area contributed by atoms with Crippen molar-refractivity contribution in [2.24, 2.45) is 5.92 Å². The Morgan fingerprint density at radius 2 is 1.91 bits per heavy atom. The Morgan fingerprint density at radius 1 is 1.15 bits per heavy atom. The zero-order valence-electron chi connectivity index (χ0n) is 18.6. The average Bonchev–Trinajstić information content (AvgIpc) is 3.47. The number of carbonyl (C=O) groups is 1. The van der Waals surface area contributed by atoms with Crippen LogP contribution in [0.1, 0.15) is 62.9 Å². The molecular formula is C25H28Cl2N4OS. The summed E-state index contributed by atoms with van der Waals surface area (Å²) in [5.74, 6) is 2.11. The first-order valence-electron chi connectivity index (χ1n) is 11.4. The number of benzene rings is 2. The van der Waals surface area contributed by atoms with Crippen molar-refractivity contribution in [3.8, 4) is 5.69 Å².